The summed E-state index contributed by atoms with van der Waals surface area (Å²) in [5, 5.41) is 8.79. The van der Waals surface area contributed by atoms with Gasteiger partial charge < -0.3 is 5.11 Å². The van der Waals surface area contributed by atoms with Gasteiger partial charge in [-0.1, -0.05) is 33.3 Å². The van der Waals surface area contributed by atoms with Crippen LogP contribution in [0.3, 0.4) is 0 Å². The first kappa shape index (κ1) is 15.6. The van der Waals surface area contributed by atoms with Gasteiger partial charge in [0.15, 0.2) is 0 Å². The van der Waals surface area contributed by atoms with Gasteiger partial charge in [-0.2, -0.15) is 0 Å². The highest BCUT2D eigenvalue weighted by atomic mass is 19.1. The third kappa shape index (κ3) is 4.63. The van der Waals surface area contributed by atoms with E-state index in [9.17, 15) is 9.18 Å². The number of benzene rings is 1. The predicted octanol–water partition coefficient (Wildman–Crippen LogP) is 3.39. The number of aromatic carboxylic acids is 1. The molecule has 0 aliphatic rings. The highest BCUT2D eigenvalue weighted by Gasteiger charge is 2.12. The summed E-state index contributed by atoms with van der Waals surface area (Å²) in [5.74, 6) is -1.29. The summed E-state index contributed by atoms with van der Waals surface area (Å²) in [6.45, 7) is 8.93. The van der Waals surface area contributed by atoms with E-state index in [0.717, 1.165) is 25.1 Å². The Labute approximate surface area is 114 Å². The first-order valence-corrected chi connectivity index (χ1v) is 6.72. The van der Waals surface area contributed by atoms with Crippen LogP contribution in [0.5, 0.6) is 0 Å². The third-order valence-electron chi connectivity index (χ3n) is 3.38. The van der Waals surface area contributed by atoms with Crippen molar-refractivity contribution in [3.05, 3.63) is 35.1 Å². The van der Waals surface area contributed by atoms with Crippen LogP contribution in [0.2, 0.25) is 0 Å². The summed E-state index contributed by atoms with van der Waals surface area (Å²) < 4.78 is 13.6. The normalized spacial score (nSPS) is 12.7. The summed E-state index contributed by atoms with van der Waals surface area (Å²) in [7, 11) is 0. The Balaban J connectivity index is 2.75. The monoisotopic (exact) mass is 267 g/mol. The molecule has 3 nitrogen and oxygen atoms in total. The fourth-order valence-electron chi connectivity index (χ4n) is 1.96. The highest BCUT2D eigenvalue weighted by molar-refractivity contribution is 5.87. The second-order valence-electron chi connectivity index (χ2n) is 4.96. The molecule has 1 aromatic rings. The number of carboxylic acid groups (broad SMARTS) is 1. The predicted molar refractivity (Wildman–Crippen MR) is 73.8 cm³/mol. The van der Waals surface area contributed by atoms with Gasteiger partial charge in [0, 0.05) is 13.1 Å². The lowest BCUT2D eigenvalue weighted by molar-refractivity contribution is 0.0692. The maximum absolute atomic E-state index is 13.6. The summed E-state index contributed by atoms with van der Waals surface area (Å²) in [5.41, 5.74) is 0.543. The molecule has 0 bridgehead atoms. The van der Waals surface area contributed by atoms with Crippen molar-refractivity contribution < 1.29 is 14.3 Å². The van der Waals surface area contributed by atoms with Gasteiger partial charge in [-0.15, -0.1) is 0 Å². The molecule has 0 saturated heterocycles. The Morgan fingerprint density at radius 1 is 1.42 bits per heavy atom. The lowest BCUT2D eigenvalue weighted by atomic mass is 10.1. The fraction of sp³-hybridized carbons (Fsp3) is 0.533. The maximum Gasteiger partial charge on any atom is 0.338 e. The Morgan fingerprint density at radius 3 is 2.58 bits per heavy atom. The zero-order valence-electron chi connectivity index (χ0n) is 11.8. The van der Waals surface area contributed by atoms with Crippen LogP contribution in [0.1, 0.15) is 43.1 Å². The molecule has 0 aliphatic heterocycles. The van der Waals surface area contributed by atoms with Gasteiger partial charge >= 0.3 is 5.97 Å². The summed E-state index contributed by atoms with van der Waals surface area (Å²) in [6, 6.07) is 4.35. The topological polar surface area (TPSA) is 40.5 Å². The van der Waals surface area contributed by atoms with Crippen LogP contribution >= 0.6 is 0 Å². The summed E-state index contributed by atoms with van der Waals surface area (Å²) >= 11 is 0. The molecule has 0 radical (unpaired) electrons. The van der Waals surface area contributed by atoms with Crippen LogP contribution in [-0.2, 0) is 6.54 Å². The van der Waals surface area contributed by atoms with E-state index in [0.29, 0.717) is 12.5 Å². The van der Waals surface area contributed by atoms with Gasteiger partial charge in [-0.25, -0.2) is 9.18 Å². The van der Waals surface area contributed by atoms with E-state index in [1.807, 2.05) is 0 Å². The number of halogens is 1. The average Bonchev–Trinajstić information content (AvgIpc) is 2.37. The Morgan fingerprint density at radius 2 is 2.11 bits per heavy atom. The molecule has 19 heavy (non-hydrogen) atoms. The molecular formula is C15H22FNO2. The largest absolute Gasteiger partial charge is 0.478 e. The standard InChI is InChI=1S/C15H22FNO2/c1-4-11(3)9-17(5-2)10-12-6-7-13(15(18)19)14(16)8-12/h6-8,11H,4-5,9-10H2,1-3H3,(H,18,19). The van der Waals surface area contributed by atoms with E-state index >= 15 is 0 Å². The molecule has 0 amide bonds. The Kier molecular flexibility index (Phi) is 5.96. The quantitative estimate of drug-likeness (QED) is 0.823. The maximum atomic E-state index is 13.6. The van der Waals surface area contributed by atoms with Crippen molar-refractivity contribution in [2.24, 2.45) is 5.92 Å². The van der Waals surface area contributed by atoms with Crippen LogP contribution in [0, 0.1) is 11.7 Å². The molecule has 1 unspecified atom stereocenters. The van der Waals surface area contributed by atoms with E-state index in [1.54, 1.807) is 6.07 Å². The molecule has 106 valence electrons. The molecule has 0 fully saturated rings. The van der Waals surface area contributed by atoms with Gasteiger partial charge in [-0.05, 0) is 30.2 Å². The van der Waals surface area contributed by atoms with Crippen molar-refractivity contribution in [1.29, 1.82) is 0 Å². The minimum atomic E-state index is -1.23. The Hall–Kier alpha value is -1.42. The molecule has 1 N–H and O–H groups in total. The molecule has 0 aliphatic carbocycles. The van der Waals surface area contributed by atoms with Crippen LogP contribution in [0.25, 0.3) is 0 Å². The molecule has 1 atom stereocenters. The van der Waals surface area contributed by atoms with Crippen molar-refractivity contribution in [3.63, 3.8) is 0 Å². The number of hydrogen-bond donors (Lipinski definition) is 1. The minimum absolute atomic E-state index is 0.270. The number of hydrogen-bond acceptors (Lipinski definition) is 2. The van der Waals surface area contributed by atoms with Crippen molar-refractivity contribution in [2.75, 3.05) is 13.1 Å². The zero-order valence-corrected chi connectivity index (χ0v) is 11.8. The van der Waals surface area contributed by atoms with Crippen molar-refractivity contribution in [1.82, 2.24) is 4.90 Å². The summed E-state index contributed by atoms with van der Waals surface area (Å²) in [6.07, 6.45) is 1.11. The second-order valence-corrected chi connectivity index (χ2v) is 4.96. The SMILES string of the molecule is CCC(C)CN(CC)Cc1ccc(C(=O)O)c(F)c1. The number of carboxylic acids is 1. The third-order valence-corrected chi connectivity index (χ3v) is 3.38. The first-order chi connectivity index (χ1) is 8.97. The van der Waals surface area contributed by atoms with E-state index in [4.69, 9.17) is 5.11 Å². The molecule has 1 aromatic carbocycles. The summed E-state index contributed by atoms with van der Waals surface area (Å²) in [4.78, 5) is 13.0. The first-order valence-electron chi connectivity index (χ1n) is 6.72. The van der Waals surface area contributed by atoms with E-state index < -0.39 is 11.8 Å². The zero-order chi connectivity index (χ0) is 14.4. The molecule has 4 heteroatoms. The van der Waals surface area contributed by atoms with Crippen LogP contribution < -0.4 is 0 Å². The number of carbonyl (C=O) groups is 1. The minimum Gasteiger partial charge on any atom is -0.478 e. The molecule has 0 spiro atoms. The highest BCUT2D eigenvalue weighted by Crippen LogP contribution is 2.14. The van der Waals surface area contributed by atoms with Gasteiger partial charge in [0.25, 0.3) is 0 Å². The van der Waals surface area contributed by atoms with Crippen molar-refractivity contribution >= 4 is 5.97 Å². The van der Waals surface area contributed by atoms with E-state index in [1.165, 1.54) is 12.1 Å². The smallest absolute Gasteiger partial charge is 0.338 e. The lowest BCUT2D eigenvalue weighted by Crippen LogP contribution is -2.27. The van der Waals surface area contributed by atoms with Crippen molar-refractivity contribution in [3.8, 4) is 0 Å². The van der Waals surface area contributed by atoms with Gasteiger partial charge in [-0.3, -0.25) is 4.90 Å². The van der Waals surface area contributed by atoms with Crippen LogP contribution in [-0.4, -0.2) is 29.1 Å². The van der Waals surface area contributed by atoms with Crippen molar-refractivity contribution in [2.45, 2.75) is 33.7 Å². The van der Waals surface area contributed by atoms with E-state index in [-0.39, 0.29) is 5.56 Å². The molecular weight excluding hydrogens is 245 g/mol. The van der Waals surface area contributed by atoms with Crippen LogP contribution in [0.4, 0.5) is 4.39 Å². The number of nitrogens with zero attached hydrogens (tertiary/aromatic N) is 1. The lowest BCUT2D eigenvalue weighted by Gasteiger charge is -2.23. The molecule has 0 aromatic heterocycles. The van der Waals surface area contributed by atoms with Gasteiger partial charge in [0.2, 0.25) is 0 Å². The number of rotatable bonds is 7. The molecule has 0 heterocycles. The average molecular weight is 267 g/mol. The van der Waals surface area contributed by atoms with Gasteiger partial charge in [0.05, 0.1) is 5.56 Å². The molecule has 1 rings (SSSR count). The van der Waals surface area contributed by atoms with Gasteiger partial charge in [0.1, 0.15) is 5.82 Å². The van der Waals surface area contributed by atoms with Crippen LogP contribution in [0.15, 0.2) is 18.2 Å². The second kappa shape index (κ2) is 7.24. The fourth-order valence-corrected chi connectivity index (χ4v) is 1.96. The van der Waals surface area contributed by atoms with E-state index in [2.05, 4.69) is 25.7 Å². The Bertz CT molecular complexity index is 434. The molecule has 0 saturated carbocycles.